The van der Waals surface area contributed by atoms with Crippen molar-refractivity contribution < 1.29 is 18.0 Å². The molecule has 3 aliphatic carbocycles. The van der Waals surface area contributed by atoms with Crippen molar-refractivity contribution in [1.29, 1.82) is 0 Å². The number of hydrogen-bond acceptors (Lipinski definition) is 2. The zero-order chi connectivity index (χ0) is 19.5. The number of carbonyl (C=O) groups excluding carboxylic acids is 1. The number of alkyl halides is 3. The molecule has 0 bridgehead atoms. The molecule has 3 saturated carbocycles. The minimum absolute atomic E-state index is 0.242. The molecule has 3 fully saturated rings. The van der Waals surface area contributed by atoms with E-state index >= 15 is 0 Å². The fraction of sp³-hybridized carbons (Fsp3) is 0.714. The monoisotopic (exact) mass is 393 g/mol. The SMILES string of the molecule is O=C(NCC(F)(F)F)[C@@H]1CC[C@H]2[C@@H]3CCC4[C@H](C=Cc5nccn54)[C@H]3CC[C@@H]21. The van der Waals surface area contributed by atoms with Gasteiger partial charge in [-0.3, -0.25) is 4.79 Å². The average Bonchev–Trinajstić information content (AvgIpc) is 3.31. The summed E-state index contributed by atoms with van der Waals surface area (Å²) in [4.78, 5) is 16.8. The highest BCUT2D eigenvalue weighted by Crippen LogP contribution is 2.58. The van der Waals surface area contributed by atoms with Crippen molar-refractivity contribution in [2.75, 3.05) is 6.54 Å². The molecule has 4 aliphatic rings. The van der Waals surface area contributed by atoms with Gasteiger partial charge in [-0.15, -0.1) is 0 Å². The summed E-state index contributed by atoms with van der Waals surface area (Å²) in [6, 6.07) is 0.479. The Hall–Kier alpha value is -1.79. The molecule has 7 heteroatoms. The Kier molecular flexibility index (Phi) is 4.32. The molecule has 5 rings (SSSR count). The Bertz CT molecular complexity index is 786. The first-order valence-electron chi connectivity index (χ1n) is 10.5. The summed E-state index contributed by atoms with van der Waals surface area (Å²) in [5.41, 5.74) is 0. The Morgan fingerprint density at radius 1 is 1.07 bits per heavy atom. The Morgan fingerprint density at radius 2 is 1.79 bits per heavy atom. The maximum Gasteiger partial charge on any atom is 0.405 e. The molecule has 4 nitrogen and oxygen atoms in total. The van der Waals surface area contributed by atoms with Crippen molar-refractivity contribution in [1.82, 2.24) is 14.9 Å². The third-order valence-electron chi connectivity index (χ3n) is 7.87. The molecule has 1 unspecified atom stereocenters. The van der Waals surface area contributed by atoms with Gasteiger partial charge in [0.05, 0.1) is 0 Å². The van der Waals surface area contributed by atoms with E-state index in [1.54, 1.807) is 0 Å². The molecule has 1 aliphatic heterocycles. The largest absolute Gasteiger partial charge is 0.405 e. The Labute approximate surface area is 162 Å². The zero-order valence-corrected chi connectivity index (χ0v) is 15.7. The van der Waals surface area contributed by atoms with Crippen molar-refractivity contribution in [2.24, 2.45) is 35.5 Å². The van der Waals surface area contributed by atoms with Gasteiger partial charge in [0.1, 0.15) is 12.4 Å². The molecule has 2 heterocycles. The quantitative estimate of drug-likeness (QED) is 0.818. The van der Waals surface area contributed by atoms with Crippen molar-refractivity contribution in [3.63, 3.8) is 0 Å². The van der Waals surface area contributed by atoms with Gasteiger partial charge >= 0.3 is 6.18 Å². The smallest absolute Gasteiger partial charge is 0.347 e. The van der Waals surface area contributed by atoms with Crippen LogP contribution in [0.5, 0.6) is 0 Å². The summed E-state index contributed by atoms with van der Waals surface area (Å²) in [7, 11) is 0. The van der Waals surface area contributed by atoms with Crippen molar-refractivity contribution >= 4 is 12.0 Å². The van der Waals surface area contributed by atoms with Gasteiger partial charge in [-0.2, -0.15) is 13.2 Å². The summed E-state index contributed by atoms with van der Waals surface area (Å²) in [5, 5.41) is 2.14. The van der Waals surface area contributed by atoms with Crippen LogP contribution in [0.3, 0.4) is 0 Å². The highest BCUT2D eigenvalue weighted by atomic mass is 19.4. The van der Waals surface area contributed by atoms with E-state index in [-0.39, 0.29) is 11.8 Å². The molecule has 7 atom stereocenters. The number of halogens is 3. The fourth-order valence-electron chi connectivity index (χ4n) is 6.88. The van der Waals surface area contributed by atoms with Gasteiger partial charge in [0.25, 0.3) is 0 Å². The highest BCUT2D eigenvalue weighted by Gasteiger charge is 2.52. The number of nitrogens with one attached hydrogen (secondary N) is 1. The molecule has 0 radical (unpaired) electrons. The van der Waals surface area contributed by atoms with E-state index in [1.807, 2.05) is 6.20 Å². The molecule has 1 amide bonds. The molecule has 1 N–H and O–H groups in total. The van der Waals surface area contributed by atoms with Gasteiger partial charge < -0.3 is 9.88 Å². The van der Waals surface area contributed by atoms with E-state index in [2.05, 4.69) is 33.2 Å². The molecule has 152 valence electrons. The lowest BCUT2D eigenvalue weighted by Gasteiger charge is -2.51. The van der Waals surface area contributed by atoms with Crippen LogP contribution in [0.4, 0.5) is 13.2 Å². The maximum atomic E-state index is 12.5. The van der Waals surface area contributed by atoms with Crippen LogP contribution in [0.1, 0.15) is 50.4 Å². The van der Waals surface area contributed by atoms with Crippen molar-refractivity contribution in [3.8, 4) is 0 Å². The van der Waals surface area contributed by atoms with Gasteiger partial charge in [-0.05, 0) is 68.3 Å². The first kappa shape index (κ1) is 18.3. The normalized spacial score (nSPS) is 38.9. The van der Waals surface area contributed by atoms with E-state index in [1.165, 1.54) is 0 Å². The summed E-state index contributed by atoms with van der Waals surface area (Å²) in [6.07, 6.45) is 10.1. The second kappa shape index (κ2) is 6.63. The van der Waals surface area contributed by atoms with Gasteiger partial charge in [-0.1, -0.05) is 6.08 Å². The predicted octanol–water partition coefficient (Wildman–Crippen LogP) is 4.21. The zero-order valence-electron chi connectivity index (χ0n) is 15.7. The van der Waals surface area contributed by atoms with E-state index in [0.29, 0.717) is 29.7 Å². The molecule has 0 aromatic carbocycles. The molecule has 1 aromatic rings. The minimum atomic E-state index is -4.34. The van der Waals surface area contributed by atoms with Crippen LogP contribution >= 0.6 is 0 Å². The number of nitrogens with zero attached hydrogens (tertiary/aromatic N) is 2. The Balaban J connectivity index is 1.29. The average molecular weight is 393 g/mol. The van der Waals surface area contributed by atoms with E-state index < -0.39 is 18.6 Å². The molecule has 0 spiro atoms. The summed E-state index contributed by atoms with van der Waals surface area (Å²) in [5.74, 6) is 2.86. The minimum Gasteiger partial charge on any atom is -0.347 e. The molecule has 0 saturated heterocycles. The van der Waals surface area contributed by atoms with E-state index in [4.69, 9.17) is 0 Å². The summed E-state index contributed by atoms with van der Waals surface area (Å²) >= 11 is 0. The third kappa shape index (κ3) is 2.98. The van der Waals surface area contributed by atoms with Crippen LogP contribution in [0.25, 0.3) is 6.08 Å². The molecular weight excluding hydrogens is 367 g/mol. The lowest BCUT2D eigenvalue weighted by molar-refractivity contribution is -0.142. The summed E-state index contributed by atoms with van der Waals surface area (Å²) in [6.45, 7) is -1.21. The van der Waals surface area contributed by atoms with Gasteiger partial charge in [-0.25, -0.2) is 4.98 Å². The number of allylic oxidation sites excluding steroid dienone is 1. The number of rotatable bonds is 2. The number of fused-ring (bicyclic) bond motifs is 7. The molecule has 28 heavy (non-hydrogen) atoms. The van der Waals surface area contributed by atoms with Crippen LogP contribution < -0.4 is 5.32 Å². The number of imidazole rings is 1. The number of hydrogen-bond donors (Lipinski definition) is 1. The van der Waals surface area contributed by atoms with Crippen molar-refractivity contribution in [3.05, 3.63) is 24.3 Å². The topological polar surface area (TPSA) is 46.9 Å². The van der Waals surface area contributed by atoms with E-state index in [0.717, 1.165) is 44.3 Å². The third-order valence-corrected chi connectivity index (χ3v) is 7.87. The first-order valence-corrected chi connectivity index (χ1v) is 10.5. The van der Waals surface area contributed by atoms with E-state index in [9.17, 15) is 18.0 Å². The van der Waals surface area contributed by atoms with Crippen LogP contribution in [-0.4, -0.2) is 28.2 Å². The Morgan fingerprint density at radius 3 is 2.61 bits per heavy atom. The molecule has 1 aromatic heterocycles. The van der Waals surface area contributed by atoms with Gasteiger partial charge in [0.15, 0.2) is 0 Å². The van der Waals surface area contributed by atoms with Gasteiger partial charge in [0, 0.05) is 30.3 Å². The van der Waals surface area contributed by atoms with Crippen molar-refractivity contribution in [2.45, 2.75) is 50.7 Å². The number of aromatic nitrogens is 2. The number of carbonyl (C=O) groups is 1. The standard InChI is InChI=1S/C21H26F3N3O/c22-21(23,24)11-26-20(28)17-4-3-12-13-5-7-18-16(14(13)1-2-15(12)17)6-8-19-25-9-10-27(18)19/h6,8-10,12-18H,1-5,7,11H2,(H,26,28)/t12-,13-,14-,15-,16+,17+,18?/m0/s1. The van der Waals surface area contributed by atoms with Crippen LogP contribution in [-0.2, 0) is 4.79 Å². The van der Waals surface area contributed by atoms with Gasteiger partial charge in [0.2, 0.25) is 5.91 Å². The summed E-state index contributed by atoms with van der Waals surface area (Å²) < 4.78 is 39.7. The lowest BCUT2D eigenvalue weighted by Crippen LogP contribution is -2.46. The molecular formula is C21H26F3N3O. The first-order chi connectivity index (χ1) is 13.4. The second-order valence-corrected chi connectivity index (χ2v) is 9.02. The predicted molar refractivity (Wildman–Crippen MR) is 98.0 cm³/mol. The number of amides is 1. The maximum absolute atomic E-state index is 12.5. The second-order valence-electron chi connectivity index (χ2n) is 9.02. The van der Waals surface area contributed by atoms with Crippen LogP contribution in [0.15, 0.2) is 18.5 Å². The highest BCUT2D eigenvalue weighted by molar-refractivity contribution is 5.79. The van der Waals surface area contributed by atoms with Crippen LogP contribution in [0.2, 0.25) is 0 Å². The fourth-order valence-corrected chi connectivity index (χ4v) is 6.88. The van der Waals surface area contributed by atoms with Crippen LogP contribution in [0, 0.1) is 35.5 Å². The lowest BCUT2D eigenvalue weighted by atomic mass is 9.56.